The number of H-pyrrole nitrogens is 1. The van der Waals surface area contributed by atoms with Crippen LogP contribution in [0.15, 0.2) is 36.8 Å². The van der Waals surface area contributed by atoms with E-state index in [0.717, 1.165) is 28.7 Å². The molecule has 3 rings (SSSR count). The number of aromatic nitrogens is 4. The van der Waals surface area contributed by atoms with Crippen molar-refractivity contribution in [1.82, 2.24) is 19.9 Å². The lowest BCUT2D eigenvalue weighted by atomic mass is 10.1. The molecule has 0 radical (unpaired) electrons. The maximum absolute atomic E-state index is 5.75. The van der Waals surface area contributed by atoms with Gasteiger partial charge >= 0.3 is 0 Å². The monoisotopic (exact) mass is 244 g/mol. The molecule has 5 heteroatoms. The Morgan fingerprint density at radius 3 is 3.00 bits per heavy atom. The Hall–Kier alpha value is -1.94. The van der Waals surface area contributed by atoms with Crippen molar-refractivity contribution in [3.05, 3.63) is 53.3 Å². The van der Waals surface area contributed by atoms with Crippen LogP contribution in [0.5, 0.6) is 0 Å². The lowest BCUT2D eigenvalue weighted by Gasteiger charge is -2.01. The van der Waals surface area contributed by atoms with Crippen molar-refractivity contribution in [2.24, 2.45) is 0 Å². The Kier molecular flexibility index (Phi) is 2.49. The van der Waals surface area contributed by atoms with E-state index in [1.165, 1.54) is 0 Å². The number of halogens is 1. The van der Waals surface area contributed by atoms with Crippen molar-refractivity contribution in [2.45, 2.75) is 6.42 Å². The highest BCUT2D eigenvalue weighted by molar-refractivity contribution is 6.28. The fraction of sp³-hybridized carbons (Fsp3) is 0.0833. The predicted molar refractivity (Wildman–Crippen MR) is 65.9 cm³/mol. The van der Waals surface area contributed by atoms with Crippen LogP contribution < -0.4 is 0 Å². The Morgan fingerprint density at radius 1 is 1.18 bits per heavy atom. The summed E-state index contributed by atoms with van der Waals surface area (Å²) in [5, 5.41) is 0.283. The Morgan fingerprint density at radius 2 is 2.12 bits per heavy atom. The molecule has 4 nitrogen and oxygen atoms in total. The van der Waals surface area contributed by atoms with Crippen molar-refractivity contribution < 1.29 is 0 Å². The number of nitrogens with zero attached hydrogens (tertiary/aromatic N) is 3. The number of rotatable bonds is 2. The van der Waals surface area contributed by atoms with E-state index >= 15 is 0 Å². The molecule has 3 aromatic rings. The van der Waals surface area contributed by atoms with Gasteiger partial charge in [-0.05, 0) is 35.4 Å². The van der Waals surface area contributed by atoms with Gasteiger partial charge < -0.3 is 4.98 Å². The van der Waals surface area contributed by atoms with Gasteiger partial charge in [-0.3, -0.25) is 0 Å². The van der Waals surface area contributed by atoms with Gasteiger partial charge in [-0.15, -0.1) is 0 Å². The van der Waals surface area contributed by atoms with E-state index in [9.17, 15) is 0 Å². The molecule has 2 heterocycles. The summed E-state index contributed by atoms with van der Waals surface area (Å²) in [6, 6.07) is 7.96. The number of benzene rings is 1. The number of nitrogens with one attached hydrogen (secondary N) is 1. The Labute approximate surface area is 103 Å². The van der Waals surface area contributed by atoms with Crippen molar-refractivity contribution in [1.29, 1.82) is 0 Å². The smallest absolute Gasteiger partial charge is 0.222 e. The van der Waals surface area contributed by atoms with E-state index in [1.54, 1.807) is 12.5 Å². The second-order valence-electron chi connectivity index (χ2n) is 3.75. The van der Waals surface area contributed by atoms with E-state index in [4.69, 9.17) is 11.6 Å². The maximum Gasteiger partial charge on any atom is 0.222 e. The highest BCUT2D eigenvalue weighted by atomic mass is 35.5. The lowest BCUT2D eigenvalue weighted by Crippen LogP contribution is -1.93. The number of aromatic amines is 1. The minimum atomic E-state index is 0.283. The SMILES string of the molecule is Clc1nccc(Cc2ccc3nc[nH]c3c2)n1. The van der Waals surface area contributed by atoms with Gasteiger partial charge in [0.1, 0.15) is 0 Å². The molecule has 0 saturated carbocycles. The summed E-state index contributed by atoms with van der Waals surface area (Å²) >= 11 is 5.75. The molecule has 0 bridgehead atoms. The maximum atomic E-state index is 5.75. The van der Waals surface area contributed by atoms with Gasteiger partial charge in [0, 0.05) is 18.3 Å². The molecule has 0 fully saturated rings. The minimum Gasteiger partial charge on any atom is -0.345 e. The summed E-state index contributed by atoms with van der Waals surface area (Å²) < 4.78 is 0. The summed E-state index contributed by atoms with van der Waals surface area (Å²) in [5.74, 6) is 0. The molecular weight excluding hydrogens is 236 g/mol. The summed E-state index contributed by atoms with van der Waals surface area (Å²) in [7, 11) is 0. The van der Waals surface area contributed by atoms with Crippen LogP contribution in [0.4, 0.5) is 0 Å². The summed E-state index contributed by atoms with van der Waals surface area (Å²) in [4.78, 5) is 15.3. The van der Waals surface area contributed by atoms with Gasteiger partial charge in [-0.2, -0.15) is 0 Å². The zero-order valence-electron chi connectivity index (χ0n) is 8.89. The molecule has 0 saturated heterocycles. The first-order valence-corrected chi connectivity index (χ1v) is 5.58. The van der Waals surface area contributed by atoms with Crippen LogP contribution in [-0.4, -0.2) is 19.9 Å². The van der Waals surface area contributed by atoms with Crippen LogP contribution in [0.25, 0.3) is 11.0 Å². The molecule has 17 heavy (non-hydrogen) atoms. The molecule has 0 spiro atoms. The molecule has 0 aliphatic carbocycles. The van der Waals surface area contributed by atoms with Crippen molar-refractivity contribution in [3.8, 4) is 0 Å². The topological polar surface area (TPSA) is 54.5 Å². The van der Waals surface area contributed by atoms with Crippen LogP contribution in [0.3, 0.4) is 0 Å². The Balaban J connectivity index is 1.94. The molecule has 0 atom stereocenters. The molecule has 0 aliphatic heterocycles. The average molecular weight is 245 g/mol. The first-order valence-electron chi connectivity index (χ1n) is 5.21. The third-order valence-corrected chi connectivity index (χ3v) is 2.74. The van der Waals surface area contributed by atoms with E-state index < -0.39 is 0 Å². The number of imidazole rings is 1. The highest BCUT2D eigenvalue weighted by Gasteiger charge is 2.02. The molecule has 1 N–H and O–H groups in total. The van der Waals surface area contributed by atoms with E-state index in [1.807, 2.05) is 18.2 Å². The molecule has 84 valence electrons. The van der Waals surface area contributed by atoms with Crippen molar-refractivity contribution in [3.63, 3.8) is 0 Å². The summed E-state index contributed by atoms with van der Waals surface area (Å²) in [5.41, 5.74) is 4.07. The number of fused-ring (bicyclic) bond motifs is 1. The molecule has 1 aromatic carbocycles. The first kappa shape index (κ1) is 10.2. The van der Waals surface area contributed by atoms with Crippen LogP contribution in [0.2, 0.25) is 5.28 Å². The van der Waals surface area contributed by atoms with Gasteiger partial charge in [-0.1, -0.05) is 6.07 Å². The third-order valence-electron chi connectivity index (χ3n) is 2.55. The van der Waals surface area contributed by atoms with Gasteiger partial charge in [-0.25, -0.2) is 15.0 Å². The normalized spacial score (nSPS) is 10.9. The van der Waals surface area contributed by atoms with Gasteiger partial charge in [0.05, 0.1) is 17.4 Å². The highest BCUT2D eigenvalue weighted by Crippen LogP contribution is 2.14. The fourth-order valence-corrected chi connectivity index (χ4v) is 1.93. The summed E-state index contributed by atoms with van der Waals surface area (Å²) in [6.07, 6.45) is 4.09. The lowest BCUT2D eigenvalue weighted by molar-refractivity contribution is 1.03. The second kappa shape index (κ2) is 4.14. The average Bonchev–Trinajstić information content (AvgIpc) is 2.76. The van der Waals surface area contributed by atoms with Crippen molar-refractivity contribution >= 4 is 22.6 Å². The molecule has 2 aromatic heterocycles. The molecule has 0 amide bonds. The van der Waals surface area contributed by atoms with Crippen LogP contribution in [0.1, 0.15) is 11.3 Å². The van der Waals surface area contributed by atoms with Gasteiger partial charge in [0.2, 0.25) is 5.28 Å². The minimum absolute atomic E-state index is 0.283. The zero-order valence-corrected chi connectivity index (χ0v) is 9.65. The third kappa shape index (κ3) is 2.12. The van der Waals surface area contributed by atoms with Gasteiger partial charge in [0.25, 0.3) is 0 Å². The van der Waals surface area contributed by atoms with E-state index in [0.29, 0.717) is 0 Å². The number of hydrogen-bond donors (Lipinski definition) is 1. The van der Waals surface area contributed by atoms with Crippen LogP contribution >= 0.6 is 11.6 Å². The fourth-order valence-electron chi connectivity index (χ4n) is 1.77. The molecule has 0 unspecified atom stereocenters. The standard InChI is InChI=1S/C12H9ClN4/c13-12-14-4-3-9(17-12)5-8-1-2-10-11(6-8)16-7-15-10/h1-4,6-7H,5H2,(H,15,16). The second-order valence-corrected chi connectivity index (χ2v) is 4.09. The molecule has 0 aliphatic rings. The zero-order chi connectivity index (χ0) is 11.7. The Bertz CT molecular complexity index is 662. The van der Waals surface area contributed by atoms with E-state index in [2.05, 4.69) is 26.0 Å². The largest absolute Gasteiger partial charge is 0.345 e. The first-order chi connectivity index (χ1) is 8.31. The summed E-state index contributed by atoms with van der Waals surface area (Å²) in [6.45, 7) is 0. The predicted octanol–water partition coefficient (Wildman–Crippen LogP) is 2.60. The number of hydrogen-bond acceptors (Lipinski definition) is 3. The quantitative estimate of drug-likeness (QED) is 0.705. The molecular formula is C12H9ClN4. The van der Waals surface area contributed by atoms with Gasteiger partial charge in [0.15, 0.2) is 0 Å². The van der Waals surface area contributed by atoms with Crippen LogP contribution in [0, 0.1) is 0 Å². The van der Waals surface area contributed by atoms with Crippen LogP contribution in [-0.2, 0) is 6.42 Å². The van der Waals surface area contributed by atoms with Crippen molar-refractivity contribution in [2.75, 3.05) is 0 Å². The van der Waals surface area contributed by atoms with E-state index in [-0.39, 0.29) is 5.28 Å².